The SMILES string of the molecule is COc1cccc(-c2nc(CC(=O)NCc3ccccc3OC)c(C)o2)c1. The van der Waals surface area contributed by atoms with Gasteiger partial charge in [0.15, 0.2) is 0 Å². The predicted molar refractivity (Wildman–Crippen MR) is 102 cm³/mol. The number of methoxy groups -OCH3 is 2. The van der Waals surface area contributed by atoms with Crippen LogP contribution in [0.25, 0.3) is 11.5 Å². The van der Waals surface area contributed by atoms with E-state index in [0.29, 0.717) is 23.9 Å². The van der Waals surface area contributed by atoms with Crippen LogP contribution >= 0.6 is 0 Å². The summed E-state index contributed by atoms with van der Waals surface area (Å²) in [7, 11) is 3.22. The molecule has 0 saturated heterocycles. The predicted octanol–water partition coefficient (Wildman–Crippen LogP) is 3.53. The molecule has 1 N–H and O–H groups in total. The summed E-state index contributed by atoms with van der Waals surface area (Å²) in [6.45, 7) is 2.20. The Hall–Kier alpha value is -3.28. The third-order valence-electron chi connectivity index (χ3n) is 4.21. The molecule has 2 aromatic carbocycles. The van der Waals surface area contributed by atoms with Crippen LogP contribution in [0.15, 0.2) is 52.9 Å². The number of oxazole rings is 1. The molecule has 1 aromatic heterocycles. The Morgan fingerprint density at radius 3 is 2.70 bits per heavy atom. The summed E-state index contributed by atoms with van der Waals surface area (Å²) in [6, 6.07) is 15.0. The van der Waals surface area contributed by atoms with E-state index in [0.717, 1.165) is 22.6 Å². The molecule has 6 heteroatoms. The summed E-state index contributed by atoms with van der Waals surface area (Å²) >= 11 is 0. The molecule has 0 saturated carbocycles. The lowest BCUT2D eigenvalue weighted by Gasteiger charge is -2.09. The molecule has 0 radical (unpaired) electrons. The number of aryl methyl sites for hydroxylation is 1. The molecule has 27 heavy (non-hydrogen) atoms. The molecule has 0 atom stereocenters. The zero-order valence-corrected chi connectivity index (χ0v) is 15.6. The van der Waals surface area contributed by atoms with Crippen LogP contribution < -0.4 is 14.8 Å². The van der Waals surface area contributed by atoms with E-state index in [1.807, 2.05) is 48.5 Å². The number of rotatable bonds is 7. The number of hydrogen-bond acceptors (Lipinski definition) is 5. The molecule has 6 nitrogen and oxygen atoms in total. The van der Waals surface area contributed by atoms with Gasteiger partial charge in [0.25, 0.3) is 0 Å². The molecule has 0 aliphatic carbocycles. The smallest absolute Gasteiger partial charge is 0.226 e. The topological polar surface area (TPSA) is 73.6 Å². The average molecular weight is 366 g/mol. The van der Waals surface area contributed by atoms with Crippen LogP contribution in [0, 0.1) is 6.92 Å². The molecule has 1 heterocycles. The Morgan fingerprint density at radius 1 is 1.11 bits per heavy atom. The van der Waals surface area contributed by atoms with E-state index in [1.54, 1.807) is 21.1 Å². The molecule has 140 valence electrons. The quantitative estimate of drug-likeness (QED) is 0.692. The fourth-order valence-corrected chi connectivity index (χ4v) is 2.73. The molecular formula is C21H22N2O4. The van der Waals surface area contributed by atoms with Crippen LogP contribution in [0.3, 0.4) is 0 Å². The summed E-state index contributed by atoms with van der Waals surface area (Å²) in [4.78, 5) is 16.8. The van der Waals surface area contributed by atoms with Crippen molar-refractivity contribution in [3.63, 3.8) is 0 Å². The molecule has 0 fully saturated rings. The standard InChI is InChI=1S/C21H22N2O4/c1-14-18(23-21(27-14)15-8-6-9-17(11-15)25-2)12-20(24)22-13-16-7-4-5-10-19(16)26-3/h4-11H,12-13H2,1-3H3,(H,22,24). The highest BCUT2D eigenvalue weighted by atomic mass is 16.5. The Morgan fingerprint density at radius 2 is 1.93 bits per heavy atom. The maximum atomic E-state index is 12.3. The fraction of sp³-hybridized carbons (Fsp3) is 0.238. The number of hydrogen-bond donors (Lipinski definition) is 1. The van der Waals surface area contributed by atoms with Gasteiger partial charge in [0.05, 0.1) is 26.3 Å². The first-order valence-corrected chi connectivity index (χ1v) is 8.60. The van der Waals surface area contributed by atoms with Gasteiger partial charge < -0.3 is 19.2 Å². The summed E-state index contributed by atoms with van der Waals surface area (Å²) < 4.78 is 16.3. The molecule has 0 unspecified atom stereocenters. The van der Waals surface area contributed by atoms with Crippen molar-refractivity contribution < 1.29 is 18.7 Å². The lowest BCUT2D eigenvalue weighted by atomic mass is 10.2. The minimum Gasteiger partial charge on any atom is -0.497 e. The number of nitrogens with one attached hydrogen (secondary N) is 1. The number of amides is 1. The number of carbonyl (C=O) groups excluding carboxylic acids is 1. The molecule has 0 bridgehead atoms. The Labute approximate surface area is 158 Å². The largest absolute Gasteiger partial charge is 0.497 e. The third-order valence-corrected chi connectivity index (χ3v) is 4.21. The highest BCUT2D eigenvalue weighted by Crippen LogP contribution is 2.25. The second kappa shape index (κ2) is 8.40. The van der Waals surface area contributed by atoms with Gasteiger partial charge in [-0.15, -0.1) is 0 Å². The van der Waals surface area contributed by atoms with Gasteiger partial charge in [0.2, 0.25) is 11.8 Å². The van der Waals surface area contributed by atoms with Crippen LogP contribution in [0.4, 0.5) is 0 Å². The van der Waals surface area contributed by atoms with Crippen LogP contribution in [0.2, 0.25) is 0 Å². The molecule has 0 spiro atoms. The van der Waals surface area contributed by atoms with Crippen LogP contribution in [0.1, 0.15) is 17.0 Å². The highest BCUT2D eigenvalue weighted by Gasteiger charge is 2.15. The molecular weight excluding hydrogens is 344 g/mol. The molecule has 1 amide bonds. The Bertz CT molecular complexity index is 933. The summed E-state index contributed by atoms with van der Waals surface area (Å²) in [6.07, 6.45) is 0.147. The first-order chi connectivity index (χ1) is 13.1. The van der Waals surface area contributed by atoms with Gasteiger partial charge in [-0.1, -0.05) is 24.3 Å². The zero-order chi connectivity index (χ0) is 19.2. The van der Waals surface area contributed by atoms with Gasteiger partial charge in [-0.2, -0.15) is 0 Å². The third kappa shape index (κ3) is 4.47. The van der Waals surface area contributed by atoms with Crippen LogP contribution in [0.5, 0.6) is 11.5 Å². The van der Waals surface area contributed by atoms with Crippen LogP contribution in [-0.4, -0.2) is 25.1 Å². The minimum atomic E-state index is -0.130. The molecule has 3 aromatic rings. The summed E-state index contributed by atoms with van der Waals surface area (Å²) in [5.41, 5.74) is 2.34. The highest BCUT2D eigenvalue weighted by molar-refractivity contribution is 5.78. The number of benzene rings is 2. The van der Waals surface area contributed by atoms with Crippen molar-refractivity contribution in [3.8, 4) is 23.0 Å². The maximum absolute atomic E-state index is 12.3. The number of para-hydroxylation sites is 1. The van der Waals surface area contributed by atoms with Crippen molar-refractivity contribution in [2.75, 3.05) is 14.2 Å². The van der Waals surface area contributed by atoms with Crippen molar-refractivity contribution in [1.82, 2.24) is 10.3 Å². The second-order valence-electron chi connectivity index (χ2n) is 6.02. The van der Waals surface area contributed by atoms with E-state index >= 15 is 0 Å². The van der Waals surface area contributed by atoms with Crippen molar-refractivity contribution >= 4 is 5.91 Å². The number of carbonyl (C=O) groups is 1. The van der Waals surface area contributed by atoms with Crippen LogP contribution in [-0.2, 0) is 17.8 Å². The summed E-state index contributed by atoms with van der Waals surface area (Å²) in [5, 5.41) is 2.90. The first-order valence-electron chi connectivity index (χ1n) is 8.60. The van der Waals surface area contributed by atoms with E-state index in [1.165, 1.54) is 0 Å². The molecule has 0 aliphatic rings. The minimum absolute atomic E-state index is 0.130. The second-order valence-corrected chi connectivity index (χ2v) is 6.02. The van der Waals surface area contributed by atoms with Gasteiger partial charge in [0, 0.05) is 17.7 Å². The van der Waals surface area contributed by atoms with Crippen molar-refractivity contribution in [2.45, 2.75) is 19.9 Å². The van der Waals surface area contributed by atoms with E-state index in [4.69, 9.17) is 13.9 Å². The van der Waals surface area contributed by atoms with E-state index in [-0.39, 0.29) is 12.3 Å². The summed E-state index contributed by atoms with van der Waals surface area (Å²) in [5.74, 6) is 2.43. The van der Waals surface area contributed by atoms with Crippen molar-refractivity contribution in [3.05, 3.63) is 65.5 Å². The van der Waals surface area contributed by atoms with E-state index < -0.39 is 0 Å². The molecule has 0 aliphatic heterocycles. The monoisotopic (exact) mass is 366 g/mol. The van der Waals surface area contributed by atoms with Gasteiger partial charge in [-0.3, -0.25) is 4.79 Å². The molecule has 3 rings (SSSR count). The van der Waals surface area contributed by atoms with Gasteiger partial charge in [0.1, 0.15) is 17.3 Å². The fourth-order valence-electron chi connectivity index (χ4n) is 2.73. The normalized spacial score (nSPS) is 10.5. The van der Waals surface area contributed by atoms with E-state index in [2.05, 4.69) is 10.3 Å². The van der Waals surface area contributed by atoms with Gasteiger partial charge in [-0.05, 0) is 31.2 Å². The lowest BCUT2D eigenvalue weighted by Crippen LogP contribution is -2.25. The zero-order valence-electron chi connectivity index (χ0n) is 15.6. The van der Waals surface area contributed by atoms with Crippen molar-refractivity contribution in [1.29, 1.82) is 0 Å². The number of ether oxygens (including phenoxy) is 2. The van der Waals surface area contributed by atoms with Gasteiger partial charge in [-0.25, -0.2) is 4.98 Å². The first kappa shape index (κ1) is 18.5. The lowest BCUT2D eigenvalue weighted by molar-refractivity contribution is -0.120. The number of nitrogens with zero attached hydrogens (tertiary/aromatic N) is 1. The van der Waals surface area contributed by atoms with Crippen molar-refractivity contribution in [2.24, 2.45) is 0 Å². The Kier molecular flexibility index (Phi) is 5.76. The average Bonchev–Trinajstić information content (AvgIpc) is 3.07. The van der Waals surface area contributed by atoms with Gasteiger partial charge >= 0.3 is 0 Å². The Balaban J connectivity index is 1.67. The maximum Gasteiger partial charge on any atom is 0.226 e. The number of aromatic nitrogens is 1. The van der Waals surface area contributed by atoms with E-state index in [9.17, 15) is 4.79 Å².